The van der Waals surface area contributed by atoms with Gasteiger partial charge in [-0.05, 0) is 30.2 Å². The van der Waals surface area contributed by atoms with Gasteiger partial charge in [-0.25, -0.2) is 0 Å². The fourth-order valence-corrected chi connectivity index (χ4v) is 1.57. The number of hydrogen-bond donors (Lipinski definition) is 0. The zero-order valence-electron chi connectivity index (χ0n) is 6.76. The van der Waals surface area contributed by atoms with Crippen LogP contribution >= 0.6 is 11.6 Å². The van der Waals surface area contributed by atoms with E-state index < -0.39 is 0 Å². The van der Waals surface area contributed by atoms with Crippen molar-refractivity contribution in [3.8, 4) is 5.75 Å². The molecular weight excluding hydrogens is 176 g/mol. The Kier molecular flexibility index (Phi) is 1.95. The van der Waals surface area contributed by atoms with Crippen LogP contribution in [0.2, 0.25) is 0 Å². The Morgan fingerprint density at radius 3 is 3.08 bits per heavy atom. The predicted molar refractivity (Wildman–Crippen MR) is 46.2 cm³/mol. The monoisotopic (exact) mass is 184 g/mol. The molecule has 0 bridgehead atoms. The van der Waals surface area contributed by atoms with Gasteiger partial charge in [0, 0.05) is 11.4 Å². The molecule has 1 aliphatic rings. The van der Waals surface area contributed by atoms with E-state index in [1.807, 2.05) is 13.0 Å². The van der Waals surface area contributed by atoms with Crippen LogP contribution in [0.25, 0.3) is 0 Å². The van der Waals surface area contributed by atoms with Crippen LogP contribution in [0.3, 0.4) is 0 Å². The van der Waals surface area contributed by atoms with Crippen LogP contribution in [-0.4, -0.2) is 0 Å². The molecular formula is C9H9ClO2. The zero-order valence-corrected chi connectivity index (χ0v) is 7.52. The molecule has 1 aromatic carbocycles. The summed E-state index contributed by atoms with van der Waals surface area (Å²) < 4.78 is 0. The van der Waals surface area contributed by atoms with E-state index in [2.05, 4.69) is 6.07 Å². The van der Waals surface area contributed by atoms with Crippen molar-refractivity contribution in [3.05, 3.63) is 28.8 Å². The Morgan fingerprint density at radius 2 is 2.33 bits per heavy atom. The molecule has 0 aromatic heterocycles. The molecule has 0 aliphatic carbocycles. The van der Waals surface area contributed by atoms with E-state index in [0.29, 0.717) is 12.5 Å². The normalized spacial score (nSPS) is 14.2. The molecule has 2 rings (SSSR count). The average molecular weight is 185 g/mol. The number of benzene rings is 1. The lowest BCUT2D eigenvalue weighted by Gasteiger charge is -2.02. The fraction of sp³-hybridized carbons (Fsp3) is 0.333. The number of fused-ring (bicyclic) bond motifs is 1. The molecule has 0 saturated carbocycles. The van der Waals surface area contributed by atoms with Gasteiger partial charge in [0.25, 0.3) is 0 Å². The molecule has 0 fully saturated rings. The highest BCUT2D eigenvalue weighted by atomic mass is 35.5. The average Bonchev–Trinajstić information content (AvgIpc) is 2.49. The first-order valence-electron chi connectivity index (χ1n) is 3.79. The molecule has 12 heavy (non-hydrogen) atoms. The lowest BCUT2D eigenvalue weighted by Crippen LogP contribution is -1.87. The number of alkyl halides is 1. The van der Waals surface area contributed by atoms with Crippen LogP contribution in [0, 0.1) is 6.92 Å². The zero-order chi connectivity index (χ0) is 8.55. The molecule has 1 aliphatic heterocycles. The van der Waals surface area contributed by atoms with Crippen LogP contribution in [0.1, 0.15) is 16.7 Å². The molecule has 0 N–H and O–H groups in total. The van der Waals surface area contributed by atoms with Gasteiger partial charge in [-0.15, -0.1) is 11.6 Å². The van der Waals surface area contributed by atoms with Gasteiger partial charge in [-0.2, -0.15) is 4.89 Å². The lowest BCUT2D eigenvalue weighted by atomic mass is 10.1. The first-order chi connectivity index (χ1) is 5.81. The van der Waals surface area contributed by atoms with E-state index >= 15 is 0 Å². The van der Waals surface area contributed by atoms with Crippen molar-refractivity contribution in [2.24, 2.45) is 0 Å². The van der Waals surface area contributed by atoms with Gasteiger partial charge >= 0.3 is 0 Å². The minimum absolute atomic E-state index is 0.516. The number of aryl methyl sites for hydroxylation is 1. The van der Waals surface area contributed by atoms with Crippen molar-refractivity contribution < 1.29 is 9.78 Å². The Balaban J connectivity index is 2.49. The maximum Gasteiger partial charge on any atom is 0.171 e. The second-order valence-corrected chi connectivity index (χ2v) is 3.13. The SMILES string of the molecule is Cc1cc2c(cc1CCl)OOC2. The topological polar surface area (TPSA) is 18.5 Å². The third kappa shape index (κ3) is 1.17. The minimum Gasteiger partial charge on any atom is -0.337 e. The maximum atomic E-state index is 5.74. The van der Waals surface area contributed by atoms with Crippen LogP contribution in [-0.2, 0) is 17.4 Å². The Bertz CT molecular complexity index is 309. The molecule has 3 heteroatoms. The second-order valence-electron chi connectivity index (χ2n) is 2.87. The molecule has 0 amide bonds. The first-order valence-corrected chi connectivity index (χ1v) is 4.32. The standard InChI is InChI=1S/C9H9ClO2/c1-6-2-8-5-11-12-9(8)3-7(6)4-10/h2-3H,4-5H2,1H3. The van der Waals surface area contributed by atoms with Crippen molar-refractivity contribution in [1.29, 1.82) is 0 Å². The highest BCUT2D eigenvalue weighted by Gasteiger charge is 2.15. The van der Waals surface area contributed by atoms with Crippen LogP contribution in [0.4, 0.5) is 0 Å². The highest BCUT2D eigenvalue weighted by Crippen LogP contribution is 2.29. The van der Waals surface area contributed by atoms with Crippen LogP contribution < -0.4 is 4.89 Å². The number of hydrogen-bond acceptors (Lipinski definition) is 2. The molecule has 1 aromatic rings. The molecule has 0 radical (unpaired) electrons. The summed E-state index contributed by atoms with van der Waals surface area (Å²) in [5, 5.41) is 0. The summed E-state index contributed by atoms with van der Waals surface area (Å²) in [6.45, 7) is 2.58. The summed E-state index contributed by atoms with van der Waals surface area (Å²) in [5.41, 5.74) is 3.39. The summed E-state index contributed by atoms with van der Waals surface area (Å²) in [6.07, 6.45) is 0. The van der Waals surface area contributed by atoms with E-state index in [9.17, 15) is 0 Å². The molecule has 0 saturated heterocycles. The largest absolute Gasteiger partial charge is 0.337 e. The highest BCUT2D eigenvalue weighted by molar-refractivity contribution is 6.17. The van der Waals surface area contributed by atoms with Gasteiger partial charge in [0.1, 0.15) is 6.61 Å². The van der Waals surface area contributed by atoms with E-state index in [4.69, 9.17) is 21.4 Å². The van der Waals surface area contributed by atoms with Crippen molar-refractivity contribution in [2.45, 2.75) is 19.4 Å². The summed E-state index contributed by atoms with van der Waals surface area (Å²) >= 11 is 5.74. The smallest absolute Gasteiger partial charge is 0.171 e. The summed E-state index contributed by atoms with van der Waals surface area (Å²) in [5.74, 6) is 1.32. The van der Waals surface area contributed by atoms with Crippen LogP contribution in [0.15, 0.2) is 12.1 Å². The summed E-state index contributed by atoms with van der Waals surface area (Å²) in [6, 6.07) is 3.99. The molecule has 0 unspecified atom stereocenters. The third-order valence-electron chi connectivity index (χ3n) is 2.03. The van der Waals surface area contributed by atoms with Crippen molar-refractivity contribution in [1.82, 2.24) is 0 Å². The Hall–Kier alpha value is -0.730. The van der Waals surface area contributed by atoms with Gasteiger partial charge in [0.15, 0.2) is 5.75 Å². The molecule has 2 nitrogen and oxygen atoms in total. The molecule has 0 atom stereocenters. The van der Waals surface area contributed by atoms with Gasteiger partial charge in [0.05, 0.1) is 0 Å². The second kappa shape index (κ2) is 2.96. The van der Waals surface area contributed by atoms with Crippen molar-refractivity contribution >= 4 is 11.6 Å². The Morgan fingerprint density at radius 1 is 1.50 bits per heavy atom. The summed E-state index contributed by atoms with van der Waals surface area (Å²) in [4.78, 5) is 9.76. The molecule has 64 valence electrons. The van der Waals surface area contributed by atoms with E-state index in [1.54, 1.807) is 0 Å². The van der Waals surface area contributed by atoms with Crippen molar-refractivity contribution in [2.75, 3.05) is 0 Å². The van der Waals surface area contributed by atoms with Gasteiger partial charge in [0.2, 0.25) is 0 Å². The maximum absolute atomic E-state index is 5.74. The fourth-order valence-electron chi connectivity index (χ4n) is 1.28. The molecule has 0 spiro atoms. The van der Waals surface area contributed by atoms with Gasteiger partial charge in [-0.3, -0.25) is 0 Å². The lowest BCUT2D eigenvalue weighted by molar-refractivity contribution is -0.194. The molecule has 1 heterocycles. The Labute approximate surface area is 76.0 Å². The van der Waals surface area contributed by atoms with E-state index in [1.165, 1.54) is 5.56 Å². The predicted octanol–water partition coefficient (Wildman–Crippen LogP) is 2.56. The quantitative estimate of drug-likeness (QED) is 0.493. The van der Waals surface area contributed by atoms with Gasteiger partial charge in [-0.1, -0.05) is 0 Å². The van der Waals surface area contributed by atoms with Crippen LogP contribution in [0.5, 0.6) is 5.75 Å². The number of rotatable bonds is 1. The number of halogens is 1. The minimum atomic E-state index is 0.516. The van der Waals surface area contributed by atoms with Crippen molar-refractivity contribution in [3.63, 3.8) is 0 Å². The first kappa shape index (κ1) is 7.90. The third-order valence-corrected chi connectivity index (χ3v) is 2.31. The van der Waals surface area contributed by atoms with E-state index in [0.717, 1.165) is 16.9 Å². The van der Waals surface area contributed by atoms with E-state index in [-0.39, 0.29) is 0 Å². The summed E-state index contributed by atoms with van der Waals surface area (Å²) in [7, 11) is 0. The van der Waals surface area contributed by atoms with Gasteiger partial charge < -0.3 is 4.89 Å².